The zero-order valence-electron chi connectivity index (χ0n) is 14.7. The third kappa shape index (κ3) is 3.51. The number of methoxy groups -OCH3 is 1. The van der Waals surface area contributed by atoms with Crippen molar-refractivity contribution in [2.45, 2.75) is 12.7 Å². The third-order valence-electron chi connectivity index (χ3n) is 4.28. The Bertz CT molecular complexity index is 843. The van der Waals surface area contributed by atoms with Crippen LogP contribution < -0.4 is 4.74 Å². The molecule has 1 aliphatic heterocycles. The number of thioether (sulfide) groups is 1. The maximum Gasteiger partial charge on any atom is 0.261 e. The monoisotopic (exact) mass is 369 g/mol. The molecule has 134 valence electrons. The molecule has 0 saturated heterocycles. The summed E-state index contributed by atoms with van der Waals surface area (Å²) in [4.78, 5) is 37.5. The number of hydrogen-bond acceptors (Lipinski definition) is 5. The number of ether oxygens (including phenoxy) is 1. The summed E-state index contributed by atoms with van der Waals surface area (Å²) in [5.74, 6) is 1.50. The molecule has 2 aromatic rings. The normalized spacial score (nSPS) is 13.1. The van der Waals surface area contributed by atoms with Crippen LogP contribution >= 0.6 is 11.8 Å². The first kappa shape index (κ1) is 18.2. The first-order chi connectivity index (χ1) is 12.5. The molecule has 0 saturated carbocycles. The number of benzene rings is 2. The van der Waals surface area contributed by atoms with Gasteiger partial charge < -0.3 is 4.74 Å². The average molecular weight is 369 g/mol. The Kier molecular flexibility index (Phi) is 5.42. The van der Waals surface area contributed by atoms with Crippen molar-refractivity contribution in [1.29, 1.82) is 0 Å². The maximum absolute atomic E-state index is 12.3. The van der Waals surface area contributed by atoms with E-state index < -0.39 is 0 Å². The van der Waals surface area contributed by atoms with Crippen molar-refractivity contribution in [3.8, 4) is 5.75 Å². The summed E-state index contributed by atoms with van der Waals surface area (Å²) in [7, 11) is 1.59. The maximum atomic E-state index is 12.3. The zero-order valence-corrected chi connectivity index (χ0v) is 15.5. The summed E-state index contributed by atoms with van der Waals surface area (Å²) in [6, 6.07) is 12.2. The molecular formula is C20H19NO4S. The number of fused-ring (bicyclic) bond motifs is 1. The lowest BCUT2D eigenvalue weighted by Crippen LogP contribution is -2.31. The van der Waals surface area contributed by atoms with E-state index >= 15 is 0 Å². The van der Waals surface area contributed by atoms with Gasteiger partial charge in [0.15, 0.2) is 5.78 Å². The largest absolute Gasteiger partial charge is 0.496 e. The van der Waals surface area contributed by atoms with E-state index in [9.17, 15) is 14.4 Å². The Hall–Kier alpha value is -2.60. The van der Waals surface area contributed by atoms with Crippen LogP contribution in [-0.4, -0.2) is 41.9 Å². The van der Waals surface area contributed by atoms with E-state index in [1.807, 2.05) is 6.07 Å². The number of Topliss-reactive ketones (excluding diaryl/α,β-unsaturated/α-hetero) is 1. The molecule has 1 heterocycles. The third-order valence-corrected chi connectivity index (χ3v) is 5.27. The van der Waals surface area contributed by atoms with Gasteiger partial charge in [0, 0.05) is 29.2 Å². The second-order valence-corrected chi connectivity index (χ2v) is 7.05. The summed E-state index contributed by atoms with van der Waals surface area (Å²) < 4.78 is 5.34. The minimum Gasteiger partial charge on any atom is -0.496 e. The molecule has 2 amide bonds. The number of hydrogen-bond donors (Lipinski definition) is 0. The van der Waals surface area contributed by atoms with E-state index in [1.54, 1.807) is 55.3 Å². The Morgan fingerprint density at radius 3 is 2.31 bits per heavy atom. The van der Waals surface area contributed by atoms with Crippen molar-refractivity contribution in [1.82, 2.24) is 4.90 Å². The SMILES string of the molecule is COc1ccc(C(C)=O)cc1CSCCN1C(=O)c2ccccc2C1=O. The van der Waals surface area contributed by atoms with Crippen LogP contribution in [0.15, 0.2) is 42.5 Å². The van der Waals surface area contributed by atoms with Crippen LogP contribution in [-0.2, 0) is 5.75 Å². The quantitative estimate of drug-likeness (QED) is 0.425. The van der Waals surface area contributed by atoms with E-state index in [0.29, 0.717) is 34.7 Å². The van der Waals surface area contributed by atoms with Crippen molar-refractivity contribution in [3.63, 3.8) is 0 Å². The van der Waals surface area contributed by atoms with Gasteiger partial charge in [0.25, 0.3) is 11.8 Å². The number of amides is 2. The van der Waals surface area contributed by atoms with E-state index in [-0.39, 0.29) is 17.6 Å². The summed E-state index contributed by atoms with van der Waals surface area (Å²) in [5, 5.41) is 0. The second-order valence-electron chi connectivity index (χ2n) is 5.94. The number of ketones is 1. The van der Waals surface area contributed by atoms with Gasteiger partial charge in [0.1, 0.15) is 5.75 Å². The van der Waals surface area contributed by atoms with Crippen molar-refractivity contribution in [2.24, 2.45) is 0 Å². The Morgan fingerprint density at radius 1 is 1.08 bits per heavy atom. The highest BCUT2D eigenvalue weighted by Crippen LogP contribution is 2.26. The Balaban J connectivity index is 1.60. The standard InChI is InChI=1S/C20H19NO4S/c1-13(22)14-7-8-18(25-2)15(11-14)12-26-10-9-21-19(23)16-5-3-4-6-17(16)20(21)24/h3-8,11H,9-10,12H2,1-2H3. The molecular weight excluding hydrogens is 350 g/mol. The van der Waals surface area contributed by atoms with E-state index in [1.165, 1.54) is 11.8 Å². The molecule has 0 bridgehead atoms. The van der Waals surface area contributed by atoms with Crippen molar-refractivity contribution in [3.05, 3.63) is 64.7 Å². The molecule has 0 spiro atoms. The Morgan fingerprint density at radius 2 is 1.73 bits per heavy atom. The van der Waals surface area contributed by atoms with Gasteiger partial charge in [-0.15, -0.1) is 0 Å². The minimum absolute atomic E-state index is 0.00456. The van der Waals surface area contributed by atoms with Crippen molar-refractivity contribution in [2.75, 3.05) is 19.4 Å². The second kappa shape index (κ2) is 7.74. The lowest BCUT2D eigenvalue weighted by Gasteiger charge is -2.14. The van der Waals surface area contributed by atoms with Gasteiger partial charge in [-0.3, -0.25) is 19.3 Å². The number of rotatable bonds is 7. The fraction of sp³-hybridized carbons (Fsp3) is 0.250. The summed E-state index contributed by atoms with van der Waals surface area (Å²) in [6.07, 6.45) is 0. The van der Waals surface area contributed by atoms with Gasteiger partial charge >= 0.3 is 0 Å². The van der Waals surface area contributed by atoms with E-state index in [4.69, 9.17) is 4.74 Å². The van der Waals surface area contributed by atoms with Crippen LogP contribution in [0.3, 0.4) is 0 Å². The fourth-order valence-corrected chi connectivity index (χ4v) is 3.79. The molecule has 0 aliphatic carbocycles. The van der Waals surface area contributed by atoms with Crippen LogP contribution in [0.25, 0.3) is 0 Å². The van der Waals surface area contributed by atoms with Crippen molar-refractivity contribution >= 4 is 29.4 Å². The lowest BCUT2D eigenvalue weighted by molar-refractivity contribution is 0.0664. The van der Waals surface area contributed by atoms with Gasteiger partial charge in [-0.25, -0.2) is 0 Å². The van der Waals surface area contributed by atoms with Crippen LogP contribution in [0.1, 0.15) is 43.6 Å². The summed E-state index contributed by atoms with van der Waals surface area (Å²) in [5.41, 5.74) is 2.51. The molecule has 26 heavy (non-hydrogen) atoms. The molecule has 0 atom stereocenters. The van der Waals surface area contributed by atoms with Gasteiger partial charge in [-0.1, -0.05) is 12.1 Å². The number of carbonyl (C=O) groups is 3. The molecule has 5 nitrogen and oxygen atoms in total. The van der Waals surface area contributed by atoms with Crippen LogP contribution in [0.2, 0.25) is 0 Å². The van der Waals surface area contributed by atoms with E-state index in [0.717, 1.165) is 11.3 Å². The van der Waals surface area contributed by atoms with E-state index in [2.05, 4.69) is 0 Å². The molecule has 0 fully saturated rings. The highest BCUT2D eigenvalue weighted by molar-refractivity contribution is 7.98. The topological polar surface area (TPSA) is 63.7 Å². The molecule has 1 aliphatic rings. The Labute approximate surface area is 156 Å². The summed E-state index contributed by atoms with van der Waals surface area (Å²) >= 11 is 1.59. The number of imide groups is 1. The van der Waals surface area contributed by atoms with Gasteiger partial charge in [0.2, 0.25) is 0 Å². The number of carbonyl (C=O) groups excluding carboxylic acids is 3. The molecule has 0 unspecified atom stereocenters. The minimum atomic E-state index is -0.234. The molecule has 2 aromatic carbocycles. The first-order valence-corrected chi connectivity index (χ1v) is 9.39. The predicted molar refractivity (Wildman–Crippen MR) is 101 cm³/mol. The van der Waals surface area contributed by atoms with Crippen LogP contribution in [0, 0.1) is 0 Å². The molecule has 6 heteroatoms. The molecule has 0 radical (unpaired) electrons. The molecule has 0 N–H and O–H groups in total. The highest BCUT2D eigenvalue weighted by atomic mass is 32.2. The van der Waals surface area contributed by atoms with Gasteiger partial charge in [0.05, 0.1) is 18.2 Å². The first-order valence-electron chi connectivity index (χ1n) is 8.23. The highest BCUT2D eigenvalue weighted by Gasteiger charge is 2.34. The molecule has 0 aromatic heterocycles. The van der Waals surface area contributed by atoms with Crippen LogP contribution in [0.4, 0.5) is 0 Å². The number of nitrogens with zero attached hydrogens (tertiary/aromatic N) is 1. The predicted octanol–water partition coefficient (Wildman–Crippen LogP) is 3.43. The average Bonchev–Trinajstić information content (AvgIpc) is 2.89. The fourth-order valence-electron chi connectivity index (χ4n) is 2.89. The van der Waals surface area contributed by atoms with Gasteiger partial charge in [-0.05, 0) is 37.3 Å². The van der Waals surface area contributed by atoms with Gasteiger partial charge in [-0.2, -0.15) is 11.8 Å². The summed E-state index contributed by atoms with van der Waals surface area (Å²) in [6.45, 7) is 1.88. The lowest BCUT2D eigenvalue weighted by atomic mass is 10.1. The van der Waals surface area contributed by atoms with Crippen LogP contribution in [0.5, 0.6) is 5.75 Å². The smallest absolute Gasteiger partial charge is 0.261 e. The zero-order chi connectivity index (χ0) is 18.7. The molecule has 3 rings (SSSR count). The van der Waals surface area contributed by atoms with Crippen molar-refractivity contribution < 1.29 is 19.1 Å².